The first-order valence-electron chi connectivity index (χ1n) is 11.3. The molecular weight excluding hydrogens is 436 g/mol. The fourth-order valence-corrected chi connectivity index (χ4v) is 4.55. The number of benzene rings is 3. The molecule has 0 bridgehead atoms. The van der Waals surface area contributed by atoms with Crippen molar-refractivity contribution in [2.24, 2.45) is 23.7 Å². The molecule has 1 nitrogen and oxygen atoms in total. The summed E-state index contributed by atoms with van der Waals surface area (Å²) in [7, 11) is 0. The molecule has 1 aliphatic rings. The molecule has 1 aliphatic carbocycles. The van der Waals surface area contributed by atoms with Crippen LogP contribution in [0.3, 0.4) is 0 Å². The summed E-state index contributed by atoms with van der Waals surface area (Å²) in [5.41, 5.74) is 4.54. The number of rotatable bonds is 1. The van der Waals surface area contributed by atoms with E-state index in [9.17, 15) is 5.11 Å². The van der Waals surface area contributed by atoms with Gasteiger partial charge in [-0.05, 0) is 48.1 Å². The van der Waals surface area contributed by atoms with Gasteiger partial charge in [0, 0.05) is 0 Å². The van der Waals surface area contributed by atoms with E-state index in [4.69, 9.17) is 0 Å². The van der Waals surface area contributed by atoms with Crippen molar-refractivity contribution in [3.05, 3.63) is 122 Å². The van der Waals surface area contributed by atoms with Crippen LogP contribution in [0.15, 0.2) is 78.9 Å². The molecule has 33 heavy (non-hydrogen) atoms. The fraction of sp³-hybridized carbons (Fsp3) is 0.323. The summed E-state index contributed by atoms with van der Waals surface area (Å²) >= 11 is 0. The van der Waals surface area contributed by atoms with Gasteiger partial charge in [-0.1, -0.05) is 57.5 Å². The van der Waals surface area contributed by atoms with Crippen molar-refractivity contribution >= 4 is 0 Å². The second kappa shape index (κ2) is 14.9. The van der Waals surface area contributed by atoms with Crippen molar-refractivity contribution in [3.63, 3.8) is 0 Å². The van der Waals surface area contributed by atoms with Crippen LogP contribution in [0, 0.1) is 51.9 Å². The largest absolute Gasteiger partial charge is 3.00 e. The molecule has 1 fully saturated rings. The summed E-state index contributed by atoms with van der Waals surface area (Å²) in [6.45, 7) is 18.9. The minimum Gasteiger partial charge on any atom is -0.508 e. The first-order valence-corrected chi connectivity index (χ1v) is 11.3. The monoisotopic (exact) mass is 477 g/mol. The SMILES string of the molecule is Cc1ccc(O)c(C2C(C)C(C)C(C)[C@H]2C)c1.[CH2-]c1ccccc1.[CH2-]c1ccccc1.[CH3-].[Ti+3]. The Labute approximate surface area is 218 Å². The van der Waals surface area contributed by atoms with Gasteiger partial charge >= 0.3 is 21.7 Å². The van der Waals surface area contributed by atoms with Crippen molar-refractivity contribution < 1.29 is 26.8 Å². The Morgan fingerprint density at radius 1 is 0.636 bits per heavy atom. The van der Waals surface area contributed by atoms with Crippen molar-refractivity contribution in [3.8, 4) is 5.75 Å². The molecule has 2 heteroatoms. The smallest absolute Gasteiger partial charge is 0.508 e. The maximum Gasteiger partial charge on any atom is 3.00 e. The van der Waals surface area contributed by atoms with E-state index in [0.717, 1.165) is 28.5 Å². The van der Waals surface area contributed by atoms with Crippen LogP contribution in [0.1, 0.15) is 55.9 Å². The molecule has 1 saturated carbocycles. The van der Waals surface area contributed by atoms with Crippen LogP contribution in [-0.2, 0) is 21.7 Å². The number of aryl methyl sites for hydroxylation is 1. The average Bonchev–Trinajstić information content (AvgIpc) is 2.95. The summed E-state index contributed by atoms with van der Waals surface area (Å²) < 4.78 is 0. The van der Waals surface area contributed by atoms with Crippen LogP contribution >= 0.6 is 0 Å². The Hall–Kier alpha value is -2.09. The number of hydrogen-bond acceptors (Lipinski definition) is 1. The molecule has 3 aromatic rings. The zero-order valence-corrected chi connectivity index (χ0v) is 22.8. The Kier molecular flexibility index (Phi) is 14.0. The molecule has 0 spiro atoms. The van der Waals surface area contributed by atoms with Gasteiger partial charge in [0.1, 0.15) is 5.75 Å². The van der Waals surface area contributed by atoms with Crippen molar-refractivity contribution in [2.75, 3.05) is 0 Å². The average molecular weight is 478 g/mol. The molecule has 5 atom stereocenters. The number of phenols is 1. The third kappa shape index (κ3) is 8.99. The first kappa shape index (κ1) is 30.9. The Morgan fingerprint density at radius 3 is 1.36 bits per heavy atom. The van der Waals surface area contributed by atoms with E-state index >= 15 is 0 Å². The van der Waals surface area contributed by atoms with E-state index in [1.807, 2.05) is 72.8 Å². The molecule has 4 rings (SSSR count). The van der Waals surface area contributed by atoms with Crippen LogP contribution in [0.2, 0.25) is 0 Å². The zero-order chi connectivity index (χ0) is 23.0. The maximum atomic E-state index is 10.1. The van der Waals surface area contributed by atoms with Gasteiger partial charge in [-0.25, -0.2) is 0 Å². The molecule has 1 radical (unpaired) electrons. The van der Waals surface area contributed by atoms with E-state index in [1.165, 1.54) is 5.56 Å². The van der Waals surface area contributed by atoms with Crippen LogP contribution < -0.4 is 0 Å². The van der Waals surface area contributed by atoms with Gasteiger partial charge in [-0.2, -0.15) is 49.2 Å². The first-order chi connectivity index (χ1) is 14.7. The second-order valence-electron chi connectivity index (χ2n) is 9.00. The van der Waals surface area contributed by atoms with Crippen LogP contribution in [0.5, 0.6) is 5.75 Å². The van der Waals surface area contributed by atoms with E-state index in [-0.39, 0.29) is 29.1 Å². The molecule has 1 N–H and O–H groups in total. The van der Waals surface area contributed by atoms with Gasteiger partial charge in [-0.3, -0.25) is 0 Å². The maximum absolute atomic E-state index is 10.1. The van der Waals surface area contributed by atoms with Gasteiger partial charge in [0.2, 0.25) is 0 Å². The van der Waals surface area contributed by atoms with E-state index in [2.05, 4.69) is 54.5 Å². The van der Waals surface area contributed by atoms with Crippen LogP contribution in [0.25, 0.3) is 0 Å². The summed E-state index contributed by atoms with van der Waals surface area (Å²) in [5.74, 6) is 3.73. The zero-order valence-electron chi connectivity index (χ0n) is 21.3. The Bertz CT molecular complexity index is 855. The normalized spacial score (nSPS) is 22.9. The van der Waals surface area contributed by atoms with E-state index < -0.39 is 0 Å². The molecule has 0 aromatic heterocycles. The standard InChI is InChI=1S/C16H24O.2C7H7.CH3.Ti/c1-9-6-7-15(17)14(8-9)16-12(4)10(2)11(3)13(16)5;2*1-7-5-3-2-4-6-7;;/h6-8,10-13,16-17H,1-5H3;2*2-6H,1H2;1H3;/q;3*-1;+3/t10?,11?,12-,13?,16?;;;;/m1..../s1. The molecule has 3 aromatic carbocycles. The molecule has 0 aliphatic heterocycles. The molecule has 4 unspecified atom stereocenters. The number of phenolic OH excluding ortho intramolecular Hbond substituents is 1. The summed E-state index contributed by atoms with van der Waals surface area (Å²) in [6.07, 6.45) is 0. The van der Waals surface area contributed by atoms with Gasteiger partial charge in [0.05, 0.1) is 0 Å². The summed E-state index contributed by atoms with van der Waals surface area (Å²) in [4.78, 5) is 0. The minimum atomic E-state index is 0. The molecule has 0 heterocycles. The van der Waals surface area contributed by atoms with Crippen molar-refractivity contribution in [1.29, 1.82) is 0 Å². The predicted octanol–water partition coefficient (Wildman–Crippen LogP) is 8.53. The molecular formula is C31H41OTi. The van der Waals surface area contributed by atoms with E-state index in [1.54, 1.807) is 0 Å². The third-order valence-electron chi connectivity index (χ3n) is 6.85. The minimum absolute atomic E-state index is 0. The Morgan fingerprint density at radius 2 is 1.03 bits per heavy atom. The number of aromatic hydroxyl groups is 1. The molecule has 0 saturated heterocycles. The molecule has 175 valence electrons. The van der Waals surface area contributed by atoms with Crippen LogP contribution in [0.4, 0.5) is 0 Å². The summed E-state index contributed by atoms with van der Waals surface area (Å²) in [6, 6.07) is 25.7. The van der Waals surface area contributed by atoms with E-state index in [0.29, 0.717) is 23.5 Å². The van der Waals surface area contributed by atoms with Gasteiger partial charge in [0.15, 0.2) is 0 Å². The predicted molar refractivity (Wildman–Crippen MR) is 140 cm³/mol. The fourth-order valence-electron chi connectivity index (χ4n) is 4.55. The van der Waals surface area contributed by atoms with Gasteiger partial charge < -0.3 is 12.5 Å². The number of hydrogen-bond donors (Lipinski definition) is 1. The molecule has 0 amide bonds. The topological polar surface area (TPSA) is 20.2 Å². The summed E-state index contributed by atoms with van der Waals surface area (Å²) in [5, 5.41) is 10.1. The van der Waals surface area contributed by atoms with Crippen LogP contribution in [-0.4, -0.2) is 5.11 Å². The quantitative estimate of drug-likeness (QED) is 0.275. The third-order valence-corrected chi connectivity index (χ3v) is 6.85. The van der Waals surface area contributed by atoms with Crippen molar-refractivity contribution in [1.82, 2.24) is 0 Å². The van der Waals surface area contributed by atoms with Gasteiger partial charge in [-0.15, -0.1) is 24.3 Å². The Balaban J connectivity index is 0.000000532. The van der Waals surface area contributed by atoms with Crippen molar-refractivity contribution in [2.45, 2.75) is 40.5 Å². The van der Waals surface area contributed by atoms with Gasteiger partial charge in [0.25, 0.3) is 0 Å². The second-order valence-corrected chi connectivity index (χ2v) is 9.00.